The van der Waals surface area contributed by atoms with Crippen molar-refractivity contribution < 1.29 is 23.6 Å². The first kappa shape index (κ1) is 23.5. The minimum absolute atomic E-state index is 0.130. The summed E-state index contributed by atoms with van der Waals surface area (Å²) >= 11 is 0. The van der Waals surface area contributed by atoms with Crippen molar-refractivity contribution in [2.45, 2.75) is 45.9 Å². The maximum atomic E-state index is 12.7. The van der Waals surface area contributed by atoms with E-state index >= 15 is 0 Å². The van der Waals surface area contributed by atoms with Crippen molar-refractivity contribution in [2.75, 3.05) is 33.3 Å². The zero-order valence-electron chi connectivity index (χ0n) is 19.3. The van der Waals surface area contributed by atoms with E-state index in [2.05, 4.69) is 20.4 Å². The lowest BCUT2D eigenvalue weighted by Crippen LogP contribution is -2.54. The van der Waals surface area contributed by atoms with E-state index in [9.17, 15) is 9.59 Å². The number of nitrogens with zero attached hydrogens (tertiary/aromatic N) is 4. The molecular weight excluding hydrogens is 414 g/mol. The molecule has 1 aromatic heterocycles. The normalized spacial score (nSPS) is 15.8. The Morgan fingerprint density at radius 2 is 1.81 bits per heavy atom. The van der Waals surface area contributed by atoms with Crippen LogP contribution >= 0.6 is 0 Å². The maximum Gasteiger partial charge on any atom is 0.408 e. The summed E-state index contributed by atoms with van der Waals surface area (Å²) < 4.78 is 15.8. The summed E-state index contributed by atoms with van der Waals surface area (Å²) in [6, 6.07) is 6.80. The van der Waals surface area contributed by atoms with Crippen molar-refractivity contribution in [1.82, 2.24) is 25.3 Å². The monoisotopic (exact) mass is 445 g/mol. The van der Waals surface area contributed by atoms with E-state index in [1.54, 1.807) is 39.7 Å². The predicted octanol–water partition coefficient (Wildman–Crippen LogP) is 2.30. The number of hydrogen-bond acceptors (Lipinski definition) is 8. The lowest BCUT2D eigenvalue weighted by molar-refractivity contribution is -0.134. The molecule has 1 aliphatic heterocycles. The van der Waals surface area contributed by atoms with Gasteiger partial charge < -0.3 is 24.2 Å². The zero-order valence-corrected chi connectivity index (χ0v) is 19.3. The minimum Gasteiger partial charge on any atom is -0.497 e. The number of hydrogen-bond donors (Lipinski definition) is 1. The molecule has 10 heteroatoms. The van der Waals surface area contributed by atoms with Gasteiger partial charge in [-0.1, -0.05) is 5.16 Å². The van der Waals surface area contributed by atoms with E-state index in [-0.39, 0.29) is 5.91 Å². The molecule has 1 fully saturated rings. The Morgan fingerprint density at radius 1 is 1.16 bits per heavy atom. The van der Waals surface area contributed by atoms with E-state index in [4.69, 9.17) is 14.0 Å². The van der Waals surface area contributed by atoms with Crippen molar-refractivity contribution in [3.63, 3.8) is 0 Å². The second kappa shape index (κ2) is 9.99. The molecule has 2 amide bonds. The number of piperazine rings is 1. The van der Waals surface area contributed by atoms with E-state index in [1.165, 1.54) is 0 Å². The third kappa shape index (κ3) is 6.43. The first-order chi connectivity index (χ1) is 15.1. The Hall–Kier alpha value is -3.14. The van der Waals surface area contributed by atoms with Gasteiger partial charge in [0.05, 0.1) is 13.7 Å². The molecule has 10 nitrogen and oxygen atoms in total. The summed E-state index contributed by atoms with van der Waals surface area (Å²) in [5.41, 5.74) is 0.239. The summed E-state index contributed by atoms with van der Waals surface area (Å²) in [7, 11) is 1.62. The van der Waals surface area contributed by atoms with Crippen LogP contribution < -0.4 is 10.1 Å². The Labute approximate surface area is 187 Å². The lowest BCUT2D eigenvalue weighted by atomic mass is 10.2. The second-order valence-corrected chi connectivity index (χ2v) is 8.71. The zero-order chi connectivity index (χ0) is 23.3. The van der Waals surface area contributed by atoms with Gasteiger partial charge >= 0.3 is 6.09 Å². The summed E-state index contributed by atoms with van der Waals surface area (Å²) in [4.78, 5) is 32.9. The molecule has 1 aromatic carbocycles. The highest BCUT2D eigenvalue weighted by atomic mass is 16.6. The van der Waals surface area contributed by atoms with Crippen molar-refractivity contribution in [3.05, 3.63) is 30.2 Å². The summed E-state index contributed by atoms with van der Waals surface area (Å²) in [6.07, 6.45) is -0.596. The minimum atomic E-state index is -0.653. The highest BCUT2D eigenvalue weighted by Gasteiger charge is 2.28. The molecule has 2 heterocycles. The molecule has 32 heavy (non-hydrogen) atoms. The maximum absolute atomic E-state index is 12.7. The van der Waals surface area contributed by atoms with Crippen molar-refractivity contribution in [2.24, 2.45) is 0 Å². The predicted molar refractivity (Wildman–Crippen MR) is 117 cm³/mol. The Kier molecular flexibility index (Phi) is 7.34. The second-order valence-electron chi connectivity index (χ2n) is 8.71. The van der Waals surface area contributed by atoms with E-state index in [0.717, 1.165) is 11.3 Å². The number of nitrogens with one attached hydrogen (secondary N) is 1. The van der Waals surface area contributed by atoms with Crippen LogP contribution in [0.25, 0.3) is 11.4 Å². The van der Waals surface area contributed by atoms with E-state index in [1.807, 2.05) is 24.3 Å². The van der Waals surface area contributed by atoms with Gasteiger partial charge in [-0.25, -0.2) is 4.79 Å². The number of alkyl carbamates (subject to hydrolysis) is 1. The van der Waals surface area contributed by atoms with Crippen LogP contribution in [-0.4, -0.2) is 76.9 Å². The number of rotatable bonds is 6. The lowest BCUT2D eigenvalue weighted by Gasteiger charge is -2.35. The summed E-state index contributed by atoms with van der Waals surface area (Å²) in [5, 5.41) is 6.66. The molecule has 0 unspecified atom stereocenters. The molecule has 3 rings (SSSR count). The molecule has 2 aromatic rings. The van der Waals surface area contributed by atoms with Crippen LogP contribution in [0.5, 0.6) is 5.75 Å². The van der Waals surface area contributed by atoms with Gasteiger partial charge in [-0.2, -0.15) is 4.98 Å². The molecule has 0 spiro atoms. The Balaban J connectivity index is 1.47. The molecule has 0 saturated carbocycles. The fraction of sp³-hybridized carbons (Fsp3) is 0.545. The molecule has 0 radical (unpaired) electrons. The molecule has 174 valence electrons. The quantitative estimate of drug-likeness (QED) is 0.721. The number of methoxy groups -OCH3 is 1. The van der Waals surface area contributed by atoms with E-state index < -0.39 is 17.7 Å². The number of carbonyl (C=O) groups is 2. The summed E-state index contributed by atoms with van der Waals surface area (Å²) in [6.45, 7) is 9.97. The van der Waals surface area contributed by atoms with Gasteiger partial charge in [0.15, 0.2) is 0 Å². The van der Waals surface area contributed by atoms with Gasteiger partial charge in [0.1, 0.15) is 17.4 Å². The van der Waals surface area contributed by atoms with Crippen molar-refractivity contribution in [3.8, 4) is 17.1 Å². The smallest absolute Gasteiger partial charge is 0.408 e. The van der Waals surface area contributed by atoms with Gasteiger partial charge in [0.2, 0.25) is 17.6 Å². The first-order valence-corrected chi connectivity index (χ1v) is 10.6. The molecule has 0 aliphatic carbocycles. The van der Waals surface area contributed by atoms with Crippen LogP contribution in [0.1, 0.15) is 33.6 Å². The van der Waals surface area contributed by atoms with Crippen LogP contribution in [0, 0.1) is 0 Å². The topological polar surface area (TPSA) is 110 Å². The van der Waals surface area contributed by atoms with Crippen LogP contribution in [0.4, 0.5) is 4.79 Å². The molecular formula is C22H31N5O5. The number of benzene rings is 1. The van der Waals surface area contributed by atoms with Crippen LogP contribution in [0.15, 0.2) is 28.8 Å². The highest BCUT2D eigenvalue weighted by molar-refractivity contribution is 5.85. The SMILES string of the molecule is COc1ccc(-c2noc(CN3CCN(C(=O)[C@@H](C)NC(=O)OC(C)(C)C)CC3)n2)cc1. The van der Waals surface area contributed by atoms with Gasteiger partial charge in [0, 0.05) is 31.7 Å². The highest BCUT2D eigenvalue weighted by Crippen LogP contribution is 2.20. The van der Waals surface area contributed by atoms with E-state index in [0.29, 0.717) is 44.4 Å². The molecule has 1 atom stereocenters. The summed E-state index contributed by atoms with van der Waals surface area (Å²) in [5.74, 6) is 1.68. The van der Waals surface area contributed by atoms with Crippen LogP contribution in [0.3, 0.4) is 0 Å². The van der Waals surface area contributed by atoms with Crippen LogP contribution in [-0.2, 0) is 16.1 Å². The number of amides is 2. The third-order valence-corrected chi connectivity index (χ3v) is 4.96. The molecule has 1 saturated heterocycles. The standard InChI is InChI=1S/C22H31N5O5/c1-15(23-21(29)31-22(2,3)4)20(28)27-12-10-26(11-13-27)14-18-24-19(25-32-18)16-6-8-17(30-5)9-7-16/h6-9,15H,10-14H2,1-5H3,(H,23,29)/t15-/m1/s1. The average molecular weight is 446 g/mol. The van der Waals surface area contributed by atoms with Gasteiger partial charge in [0.25, 0.3) is 0 Å². The number of carbonyl (C=O) groups excluding carboxylic acids is 2. The number of ether oxygens (including phenoxy) is 2. The number of aromatic nitrogens is 2. The van der Waals surface area contributed by atoms with Crippen LogP contribution in [0.2, 0.25) is 0 Å². The average Bonchev–Trinajstić information content (AvgIpc) is 3.21. The van der Waals surface area contributed by atoms with Gasteiger partial charge in [-0.15, -0.1) is 0 Å². The van der Waals surface area contributed by atoms with Crippen molar-refractivity contribution >= 4 is 12.0 Å². The Morgan fingerprint density at radius 3 is 2.41 bits per heavy atom. The molecule has 1 aliphatic rings. The first-order valence-electron chi connectivity index (χ1n) is 10.6. The van der Waals surface area contributed by atoms with Gasteiger partial charge in [-0.3, -0.25) is 9.69 Å². The molecule has 1 N–H and O–H groups in total. The van der Waals surface area contributed by atoms with Crippen molar-refractivity contribution in [1.29, 1.82) is 0 Å². The van der Waals surface area contributed by atoms with Gasteiger partial charge in [-0.05, 0) is 52.0 Å². The fourth-order valence-corrected chi connectivity index (χ4v) is 3.31. The fourth-order valence-electron chi connectivity index (χ4n) is 3.31. The molecule has 0 bridgehead atoms. The third-order valence-electron chi connectivity index (χ3n) is 4.96. The Bertz CT molecular complexity index is 914. The largest absolute Gasteiger partial charge is 0.497 e.